The maximum Gasteiger partial charge on any atom is 0.150 e. The molecule has 100 valence electrons. The second-order valence-corrected chi connectivity index (χ2v) is 5.33. The number of benzene rings is 2. The maximum absolute atomic E-state index is 5.77. The van der Waals surface area contributed by atoms with Gasteiger partial charge < -0.3 is 10.1 Å². The predicted octanol–water partition coefficient (Wildman–Crippen LogP) is 5.59. The molecule has 0 saturated carbocycles. The number of hydrogen-bond acceptors (Lipinski definition) is 3. The fourth-order valence-electron chi connectivity index (χ4n) is 1.98. The van der Waals surface area contributed by atoms with Crippen molar-refractivity contribution >= 4 is 22.7 Å². The normalized spacial score (nSPS) is 11.1. The molecule has 0 unspecified atom stereocenters. The number of rotatable bonds is 0. The van der Waals surface area contributed by atoms with Gasteiger partial charge in [0.15, 0.2) is 11.5 Å². The van der Waals surface area contributed by atoms with Gasteiger partial charge in [0.05, 0.1) is 11.4 Å². The molecule has 3 heteroatoms. The van der Waals surface area contributed by atoms with Crippen molar-refractivity contribution in [2.24, 2.45) is 0 Å². The van der Waals surface area contributed by atoms with Gasteiger partial charge in [0, 0.05) is 0 Å². The van der Waals surface area contributed by atoms with Crippen LogP contribution in [0.2, 0.25) is 0 Å². The molecule has 0 bridgehead atoms. The molecular formula is C17H15NOS. The lowest BCUT2D eigenvalue weighted by Gasteiger charge is -2.21. The zero-order valence-electron chi connectivity index (χ0n) is 11.2. The van der Waals surface area contributed by atoms with E-state index < -0.39 is 0 Å². The lowest BCUT2D eigenvalue weighted by molar-refractivity contribution is 0.481. The molecule has 2 heterocycles. The van der Waals surface area contributed by atoms with E-state index in [1.165, 1.54) is 5.56 Å². The summed E-state index contributed by atoms with van der Waals surface area (Å²) in [7, 11) is 0. The zero-order chi connectivity index (χ0) is 13.8. The Morgan fingerprint density at radius 3 is 2.35 bits per heavy atom. The minimum Gasteiger partial charge on any atom is -0.453 e. The van der Waals surface area contributed by atoms with Gasteiger partial charge in [-0.3, -0.25) is 0 Å². The molecule has 0 radical (unpaired) electrons. The van der Waals surface area contributed by atoms with Crippen molar-refractivity contribution in [2.75, 3.05) is 5.32 Å². The lowest BCUT2D eigenvalue weighted by Crippen LogP contribution is -2.02. The molecule has 0 spiro atoms. The standard InChI is InChI=1S/C13H11NO.C4H4S/c1-9-6-7-13-11(8-9)14-10-4-2-3-5-12(10)15-13;1-2-4-5-3-1/h2-8,14H,1H3;1-4H. The van der Waals surface area contributed by atoms with Crippen LogP contribution < -0.4 is 10.1 Å². The number of ether oxygens (including phenoxy) is 1. The van der Waals surface area contributed by atoms with Gasteiger partial charge in [-0.05, 0) is 47.5 Å². The first-order valence-corrected chi connectivity index (χ1v) is 7.39. The Morgan fingerprint density at radius 1 is 0.850 bits per heavy atom. The maximum atomic E-state index is 5.77. The van der Waals surface area contributed by atoms with Crippen LogP contribution in [0, 0.1) is 6.92 Å². The van der Waals surface area contributed by atoms with E-state index in [1.807, 2.05) is 53.2 Å². The molecular weight excluding hydrogens is 266 g/mol. The molecule has 2 nitrogen and oxygen atoms in total. The number of aryl methyl sites for hydroxylation is 1. The van der Waals surface area contributed by atoms with Gasteiger partial charge in [-0.2, -0.15) is 11.3 Å². The largest absolute Gasteiger partial charge is 0.453 e. The van der Waals surface area contributed by atoms with Crippen LogP contribution in [0.5, 0.6) is 11.5 Å². The monoisotopic (exact) mass is 281 g/mol. The molecule has 20 heavy (non-hydrogen) atoms. The molecule has 2 aromatic carbocycles. The summed E-state index contributed by atoms with van der Waals surface area (Å²) in [5, 5.41) is 7.44. The van der Waals surface area contributed by atoms with E-state index in [4.69, 9.17) is 4.74 Å². The quantitative estimate of drug-likeness (QED) is 0.453. The zero-order valence-corrected chi connectivity index (χ0v) is 12.0. The van der Waals surface area contributed by atoms with E-state index in [0.29, 0.717) is 0 Å². The van der Waals surface area contributed by atoms with Crippen LogP contribution >= 0.6 is 11.3 Å². The molecule has 1 aromatic heterocycles. The van der Waals surface area contributed by atoms with E-state index >= 15 is 0 Å². The Balaban J connectivity index is 0.000000205. The highest BCUT2D eigenvalue weighted by Gasteiger charge is 2.14. The molecule has 1 N–H and O–H groups in total. The average molecular weight is 281 g/mol. The lowest BCUT2D eigenvalue weighted by atomic mass is 10.1. The second kappa shape index (κ2) is 5.80. The molecule has 0 saturated heterocycles. The van der Waals surface area contributed by atoms with Gasteiger partial charge in [-0.1, -0.05) is 30.3 Å². The number of para-hydroxylation sites is 2. The highest BCUT2D eigenvalue weighted by atomic mass is 32.1. The highest BCUT2D eigenvalue weighted by Crippen LogP contribution is 2.41. The Morgan fingerprint density at radius 2 is 1.60 bits per heavy atom. The fraction of sp³-hybridized carbons (Fsp3) is 0.0588. The topological polar surface area (TPSA) is 21.3 Å². The number of thiophene rings is 1. The van der Waals surface area contributed by atoms with E-state index in [-0.39, 0.29) is 0 Å². The third kappa shape index (κ3) is 2.83. The van der Waals surface area contributed by atoms with Crippen molar-refractivity contribution in [2.45, 2.75) is 6.92 Å². The van der Waals surface area contributed by atoms with Crippen LogP contribution in [-0.4, -0.2) is 0 Å². The molecule has 0 fully saturated rings. The summed E-state index contributed by atoms with van der Waals surface area (Å²) < 4.78 is 5.77. The van der Waals surface area contributed by atoms with Gasteiger partial charge in [0.1, 0.15) is 0 Å². The Bertz CT molecular complexity index is 675. The Hall–Kier alpha value is -2.26. The van der Waals surface area contributed by atoms with Crippen LogP contribution in [0.4, 0.5) is 11.4 Å². The first-order chi connectivity index (χ1) is 9.83. The summed E-state index contributed by atoms with van der Waals surface area (Å²) in [6.07, 6.45) is 0. The van der Waals surface area contributed by atoms with Gasteiger partial charge in [0.2, 0.25) is 0 Å². The molecule has 1 aliphatic heterocycles. The minimum absolute atomic E-state index is 0.883. The van der Waals surface area contributed by atoms with Gasteiger partial charge >= 0.3 is 0 Å². The Kier molecular flexibility index (Phi) is 3.70. The molecule has 0 aliphatic carbocycles. The number of fused-ring (bicyclic) bond motifs is 2. The Labute approximate surface area is 122 Å². The van der Waals surface area contributed by atoms with Crippen LogP contribution in [0.15, 0.2) is 65.4 Å². The average Bonchev–Trinajstić information content (AvgIpc) is 3.04. The molecule has 3 aromatic rings. The van der Waals surface area contributed by atoms with Gasteiger partial charge in [-0.25, -0.2) is 0 Å². The summed E-state index contributed by atoms with van der Waals surface area (Å²) in [6.45, 7) is 2.07. The van der Waals surface area contributed by atoms with Crippen molar-refractivity contribution in [1.29, 1.82) is 0 Å². The molecule has 4 rings (SSSR count). The summed E-state index contributed by atoms with van der Waals surface area (Å²) in [6, 6.07) is 18.1. The number of nitrogens with one attached hydrogen (secondary N) is 1. The second-order valence-electron chi connectivity index (χ2n) is 4.52. The van der Waals surface area contributed by atoms with Gasteiger partial charge in [0.25, 0.3) is 0 Å². The van der Waals surface area contributed by atoms with Crippen LogP contribution in [0.25, 0.3) is 0 Å². The van der Waals surface area contributed by atoms with Crippen molar-refractivity contribution in [1.82, 2.24) is 0 Å². The van der Waals surface area contributed by atoms with Crippen molar-refractivity contribution in [3.8, 4) is 11.5 Å². The summed E-state index contributed by atoms with van der Waals surface area (Å²) in [5.41, 5.74) is 3.29. The van der Waals surface area contributed by atoms with E-state index in [0.717, 1.165) is 22.9 Å². The van der Waals surface area contributed by atoms with E-state index in [9.17, 15) is 0 Å². The molecule has 0 atom stereocenters. The number of anilines is 2. The first kappa shape index (κ1) is 12.8. The molecule has 1 aliphatic rings. The van der Waals surface area contributed by atoms with Crippen LogP contribution in [-0.2, 0) is 0 Å². The fourth-order valence-corrected chi connectivity index (χ4v) is 2.43. The van der Waals surface area contributed by atoms with E-state index in [2.05, 4.69) is 24.4 Å². The smallest absolute Gasteiger partial charge is 0.150 e. The minimum atomic E-state index is 0.883. The summed E-state index contributed by atoms with van der Waals surface area (Å²) >= 11 is 1.71. The SMILES string of the molecule is Cc1ccc2c(c1)Nc1ccccc1O2.c1ccsc1. The van der Waals surface area contributed by atoms with E-state index in [1.54, 1.807) is 11.3 Å². The predicted molar refractivity (Wildman–Crippen MR) is 85.3 cm³/mol. The molecule has 0 amide bonds. The number of hydrogen-bond donors (Lipinski definition) is 1. The van der Waals surface area contributed by atoms with Crippen molar-refractivity contribution in [3.05, 3.63) is 70.9 Å². The van der Waals surface area contributed by atoms with Gasteiger partial charge in [-0.15, -0.1) is 0 Å². The highest BCUT2D eigenvalue weighted by molar-refractivity contribution is 7.07. The van der Waals surface area contributed by atoms with Crippen molar-refractivity contribution < 1.29 is 4.74 Å². The summed E-state index contributed by atoms with van der Waals surface area (Å²) in [5.74, 6) is 1.77. The third-order valence-electron chi connectivity index (χ3n) is 2.94. The first-order valence-electron chi connectivity index (χ1n) is 6.45. The summed E-state index contributed by atoms with van der Waals surface area (Å²) in [4.78, 5) is 0. The van der Waals surface area contributed by atoms with Crippen molar-refractivity contribution in [3.63, 3.8) is 0 Å². The van der Waals surface area contributed by atoms with Crippen LogP contribution in [0.1, 0.15) is 5.56 Å². The third-order valence-corrected chi connectivity index (χ3v) is 3.57. The van der Waals surface area contributed by atoms with Crippen LogP contribution in [0.3, 0.4) is 0 Å².